The number of unbranched alkanes of at least 4 members (excludes halogenated alkanes) is 2. The van der Waals surface area contributed by atoms with Gasteiger partial charge in [-0.25, -0.2) is 0 Å². The standard InChI is InChI=1S/C13H28N2/c1-3-4-5-6-13(9-14)15-10-11(2)12-7-8-12/h11-13,15H,3-10,14H2,1-2H3. The summed E-state index contributed by atoms with van der Waals surface area (Å²) in [5, 5.41) is 3.62. The van der Waals surface area contributed by atoms with Crippen LogP contribution in [0.2, 0.25) is 0 Å². The summed E-state index contributed by atoms with van der Waals surface area (Å²) in [5.74, 6) is 1.86. The minimum atomic E-state index is 0.553. The lowest BCUT2D eigenvalue weighted by Gasteiger charge is -2.19. The first-order chi connectivity index (χ1) is 7.27. The molecular weight excluding hydrogens is 184 g/mol. The quantitative estimate of drug-likeness (QED) is 0.576. The van der Waals surface area contributed by atoms with Crippen LogP contribution in [0.3, 0.4) is 0 Å². The fourth-order valence-electron chi connectivity index (χ4n) is 2.13. The van der Waals surface area contributed by atoms with Crippen molar-refractivity contribution < 1.29 is 0 Å². The second kappa shape index (κ2) is 7.24. The van der Waals surface area contributed by atoms with E-state index in [1.807, 2.05) is 0 Å². The van der Waals surface area contributed by atoms with Gasteiger partial charge >= 0.3 is 0 Å². The normalized spacial score (nSPS) is 20.2. The molecule has 2 unspecified atom stereocenters. The largest absolute Gasteiger partial charge is 0.329 e. The molecule has 2 heteroatoms. The lowest BCUT2D eigenvalue weighted by atomic mass is 10.0. The molecular formula is C13H28N2. The van der Waals surface area contributed by atoms with E-state index in [2.05, 4.69) is 19.2 Å². The summed E-state index contributed by atoms with van der Waals surface area (Å²) < 4.78 is 0. The predicted molar refractivity (Wildman–Crippen MR) is 66.9 cm³/mol. The van der Waals surface area contributed by atoms with Crippen LogP contribution >= 0.6 is 0 Å². The van der Waals surface area contributed by atoms with Crippen molar-refractivity contribution in [3.8, 4) is 0 Å². The van der Waals surface area contributed by atoms with Crippen molar-refractivity contribution in [3.05, 3.63) is 0 Å². The van der Waals surface area contributed by atoms with E-state index >= 15 is 0 Å². The smallest absolute Gasteiger partial charge is 0.0190 e. The van der Waals surface area contributed by atoms with Gasteiger partial charge in [0.15, 0.2) is 0 Å². The van der Waals surface area contributed by atoms with E-state index in [1.165, 1.54) is 45.1 Å². The maximum absolute atomic E-state index is 5.77. The highest BCUT2D eigenvalue weighted by molar-refractivity contribution is 4.81. The molecule has 1 aliphatic rings. The third-order valence-electron chi connectivity index (χ3n) is 3.60. The Bertz CT molecular complexity index is 155. The van der Waals surface area contributed by atoms with E-state index in [9.17, 15) is 0 Å². The molecule has 0 aromatic carbocycles. The second-order valence-corrected chi connectivity index (χ2v) is 5.15. The summed E-state index contributed by atoms with van der Waals surface area (Å²) in [4.78, 5) is 0. The molecule has 0 aliphatic heterocycles. The lowest BCUT2D eigenvalue weighted by Crippen LogP contribution is -2.38. The zero-order valence-electron chi connectivity index (χ0n) is 10.5. The molecule has 0 spiro atoms. The van der Waals surface area contributed by atoms with Gasteiger partial charge in [-0.1, -0.05) is 33.1 Å². The van der Waals surface area contributed by atoms with Gasteiger partial charge in [0, 0.05) is 12.6 Å². The van der Waals surface area contributed by atoms with Crippen LogP contribution in [0.4, 0.5) is 0 Å². The molecule has 1 rings (SSSR count). The third kappa shape index (κ3) is 5.53. The first-order valence-corrected chi connectivity index (χ1v) is 6.71. The summed E-state index contributed by atoms with van der Waals surface area (Å²) in [5.41, 5.74) is 5.77. The van der Waals surface area contributed by atoms with Crippen LogP contribution in [0, 0.1) is 11.8 Å². The van der Waals surface area contributed by atoms with Crippen LogP contribution in [0.25, 0.3) is 0 Å². The Labute approximate surface area is 95.0 Å². The number of rotatable bonds is 9. The molecule has 1 saturated carbocycles. The first-order valence-electron chi connectivity index (χ1n) is 6.71. The van der Waals surface area contributed by atoms with Crippen LogP contribution in [-0.2, 0) is 0 Å². The molecule has 0 bridgehead atoms. The minimum absolute atomic E-state index is 0.553. The first kappa shape index (κ1) is 13.0. The molecule has 3 N–H and O–H groups in total. The van der Waals surface area contributed by atoms with Crippen LogP contribution in [0.1, 0.15) is 52.4 Å². The van der Waals surface area contributed by atoms with Crippen molar-refractivity contribution in [1.29, 1.82) is 0 Å². The van der Waals surface area contributed by atoms with Gasteiger partial charge in [0.05, 0.1) is 0 Å². The topological polar surface area (TPSA) is 38.0 Å². The molecule has 0 aromatic rings. The summed E-state index contributed by atoms with van der Waals surface area (Å²) in [7, 11) is 0. The summed E-state index contributed by atoms with van der Waals surface area (Å²) in [6.45, 7) is 6.57. The summed E-state index contributed by atoms with van der Waals surface area (Å²) in [6, 6.07) is 0.553. The van der Waals surface area contributed by atoms with Crippen LogP contribution in [0.5, 0.6) is 0 Å². The van der Waals surface area contributed by atoms with Crippen molar-refractivity contribution in [2.45, 2.75) is 58.4 Å². The van der Waals surface area contributed by atoms with Gasteiger partial charge in [-0.05, 0) is 37.6 Å². The molecule has 2 nitrogen and oxygen atoms in total. The Balaban J connectivity index is 2.03. The van der Waals surface area contributed by atoms with Gasteiger partial charge in [-0.2, -0.15) is 0 Å². The van der Waals surface area contributed by atoms with E-state index < -0.39 is 0 Å². The minimum Gasteiger partial charge on any atom is -0.329 e. The van der Waals surface area contributed by atoms with Gasteiger partial charge < -0.3 is 11.1 Å². The molecule has 0 heterocycles. The Morgan fingerprint density at radius 2 is 2.07 bits per heavy atom. The second-order valence-electron chi connectivity index (χ2n) is 5.15. The monoisotopic (exact) mass is 212 g/mol. The van der Waals surface area contributed by atoms with Crippen molar-refractivity contribution >= 4 is 0 Å². The molecule has 0 aromatic heterocycles. The van der Waals surface area contributed by atoms with Gasteiger partial charge in [-0.3, -0.25) is 0 Å². The number of nitrogens with one attached hydrogen (secondary N) is 1. The Morgan fingerprint density at radius 1 is 1.33 bits per heavy atom. The summed E-state index contributed by atoms with van der Waals surface area (Å²) >= 11 is 0. The highest BCUT2D eigenvalue weighted by Gasteiger charge is 2.27. The average molecular weight is 212 g/mol. The highest BCUT2D eigenvalue weighted by atomic mass is 14.9. The van der Waals surface area contributed by atoms with Crippen molar-refractivity contribution in [1.82, 2.24) is 5.32 Å². The number of hydrogen-bond acceptors (Lipinski definition) is 2. The zero-order chi connectivity index (χ0) is 11.1. The Kier molecular flexibility index (Phi) is 6.26. The molecule has 0 radical (unpaired) electrons. The van der Waals surface area contributed by atoms with Crippen molar-refractivity contribution in [2.24, 2.45) is 17.6 Å². The van der Waals surface area contributed by atoms with Crippen LogP contribution < -0.4 is 11.1 Å². The molecule has 1 aliphatic carbocycles. The predicted octanol–water partition coefficient (Wildman–Crippen LogP) is 2.53. The highest BCUT2D eigenvalue weighted by Crippen LogP contribution is 2.36. The Morgan fingerprint density at radius 3 is 2.60 bits per heavy atom. The van der Waals surface area contributed by atoms with E-state index in [4.69, 9.17) is 5.73 Å². The number of hydrogen-bond donors (Lipinski definition) is 2. The fourth-order valence-corrected chi connectivity index (χ4v) is 2.13. The van der Waals surface area contributed by atoms with E-state index in [-0.39, 0.29) is 0 Å². The molecule has 0 amide bonds. The molecule has 90 valence electrons. The summed E-state index contributed by atoms with van der Waals surface area (Å²) in [6.07, 6.45) is 8.12. The fraction of sp³-hybridized carbons (Fsp3) is 1.00. The zero-order valence-corrected chi connectivity index (χ0v) is 10.5. The Hall–Kier alpha value is -0.0800. The maximum Gasteiger partial charge on any atom is 0.0190 e. The van der Waals surface area contributed by atoms with E-state index in [1.54, 1.807) is 0 Å². The maximum atomic E-state index is 5.77. The molecule has 1 fully saturated rings. The molecule has 0 saturated heterocycles. The van der Waals surface area contributed by atoms with E-state index in [0.717, 1.165) is 18.4 Å². The van der Waals surface area contributed by atoms with Crippen LogP contribution in [0.15, 0.2) is 0 Å². The molecule has 2 atom stereocenters. The van der Waals surface area contributed by atoms with Crippen molar-refractivity contribution in [3.63, 3.8) is 0 Å². The van der Waals surface area contributed by atoms with Crippen molar-refractivity contribution in [2.75, 3.05) is 13.1 Å². The van der Waals surface area contributed by atoms with Gasteiger partial charge in [0.1, 0.15) is 0 Å². The van der Waals surface area contributed by atoms with Gasteiger partial charge in [-0.15, -0.1) is 0 Å². The average Bonchev–Trinajstić information content (AvgIpc) is 3.06. The van der Waals surface area contributed by atoms with Crippen LogP contribution in [-0.4, -0.2) is 19.1 Å². The molecule has 15 heavy (non-hydrogen) atoms. The van der Waals surface area contributed by atoms with Gasteiger partial charge in [0.25, 0.3) is 0 Å². The third-order valence-corrected chi connectivity index (χ3v) is 3.60. The SMILES string of the molecule is CCCCCC(CN)NCC(C)C1CC1. The van der Waals surface area contributed by atoms with Gasteiger partial charge in [0.2, 0.25) is 0 Å². The lowest BCUT2D eigenvalue weighted by molar-refractivity contribution is 0.396. The van der Waals surface area contributed by atoms with E-state index in [0.29, 0.717) is 6.04 Å². The number of nitrogens with two attached hydrogens (primary N) is 1.